The molecule has 0 radical (unpaired) electrons. The third-order valence-electron chi connectivity index (χ3n) is 4.51. The number of nitrogens with one attached hydrogen (secondary N) is 1. The summed E-state index contributed by atoms with van der Waals surface area (Å²) in [5.74, 6) is -0.0838. The van der Waals surface area contributed by atoms with Crippen molar-refractivity contribution in [2.45, 2.75) is 53.5 Å². The van der Waals surface area contributed by atoms with Gasteiger partial charge in [-0.2, -0.15) is 0 Å². The van der Waals surface area contributed by atoms with Gasteiger partial charge in [0, 0.05) is 25.6 Å². The van der Waals surface area contributed by atoms with Crippen LogP contribution in [0.4, 0.5) is 20.4 Å². The van der Waals surface area contributed by atoms with Gasteiger partial charge in [0.2, 0.25) is 5.91 Å². The first-order valence-corrected chi connectivity index (χ1v) is 9.48. The number of fused-ring (bicyclic) bond motifs is 1. The van der Waals surface area contributed by atoms with Crippen LogP contribution in [0.1, 0.15) is 50.6 Å². The van der Waals surface area contributed by atoms with E-state index in [1.54, 1.807) is 6.92 Å². The highest BCUT2D eigenvalue weighted by Crippen LogP contribution is 2.28. The molecule has 0 unspecified atom stereocenters. The van der Waals surface area contributed by atoms with Gasteiger partial charge in [-0.05, 0) is 42.9 Å². The van der Waals surface area contributed by atoms with E-state index in [4.69, 9.17) is 0 Å². The zero-order valence-electron chi connectivity index (χ0n) is 16.8. The average molecular weight is 388 g/mol. The molecule has 2 heterocycles. The summed E-state index contributed by atoms with van der Waals surface area (Å²) < 4.78 is 27.0. The van der Waals surface area contributed by atoms with Crippen LogP contribution in [0.25, 0.3) is 0 Å². The highest BCUT2D eigenvalue weighted by Gasteiger charge is 2.23. The molecular weight excluding hydrogens is 362 g/mol. The topological polar surface area (TPSA) is 58.1 Å². The molecule has 0 atom stereocenters. The number of hydrogen-bond donors (Lipinski definition) is 1. The number of nitrogens with zero attached hydrogens (tertiary/aromatic N) is 3. The molecule has 0 fully saturated rings. The van der Waals surface area contributed by atoms with Crippen LogP contribution in [0, 0.1) is 24.0 Å². The Morgan fingerprint density at radius 3 is 2.50 bits per heavy atom. The maximum absolute atomic E-state index is 13.5. The Kier molecular flexibility index (Phi) is 5.63. The second-order valence-electron chi connectivity index (χ2n) is 8.52. The molecule has 0 spiro atoms. The van der Waals surface area contributed by atoms with Gasteiger partial charge in [0.15, 0.2) is 11.6 Å². The van der Waals surface area contributed by atoms with Crippen LogP contribution >= 0.6 is 0 Å². The van der Waals surface area contributed by atoms with Gasteiger partial charge in [0.1, 0.15) is 11.6 Å². The molecular formula is C21H26F2N4O. The third kappa shape index (κ3) is 5.03. The van der Waals surface area contributed by atoms with E-state index in [0.29, 0.717) is 35.9 Å². The second-order valence-corrected chi connectivity index (χ2v) is 8.52. The minimum Gasteiger partial charge on any atom is -0.351 e. The number of hydrogen-bond acceptors (Lipinski definition) is 4. The van der Waals surface area contributed by atoms with Gasteiger partial charge in [-0.1, -0.05) is 20.8 Å². The largest absolute Gasteiger partial charge is 0.351 e. The molecule has 7 heteroatoms. The van der Waals surface area contributed by atoms with Crippen LogP contribution in [-0.4, -0.2) is 22.4 Å². The minimum absolute atomic E-state index is 0.0900. The van der Waals surface area contributed by atoms with Crippen molar-refractivity contribution in [2.75, 3.05) is 16.8 Å². The molecule has 0 aliphatic carbocycles. The zero-order valence-corrected chi connectivity index (χ0v) is 16.8. The highest BCUT2D eigenvalue weighted by atomic mass is 19.1. The van der Waals surface area contributed by atoms with Crippen molar-refractivity contribution in [3.8, 4) is 0 Å². The predicted molar refractivity (Wildman–Crippen MR) is 105 cm³/mol. The van der Waals surface area contributed by atoms with Crippen molar-refractivity contribution in [1.82, 2.24) is 9.97 Å². The summed E-state index contributed by atoms with van der Waals surface area (Å²) in [7, 11) is 0. The molecule has 150 valence electrons. The molecule has 1 aromatic carbocycles. The summed E-state index contributed by atoms with van der Waals surface area (Å²) in [6.45, 7) is 8.90. The third-order valence-corrected chi connectivity index (χ3v) is 4.51. The predicted octanol–water partition coefficient (Wildman–Crippen LogP) is 4.39. The first-order chi connectivity index (χ1) is 13.1. The number of amides is 1. The van der Waals surface area contributed by atoms with Gasteiger partial charge in [0.05, 0.1) is 11.4 Å². The first-order valence-electron chi connectivity index (χ1n) is 9.48. The Morgan fingerprint density at radius 2 is 1.86 bits per heavy atom. The van der Waals surface area contributed by atoms with Crippen LogP contribution in [0.15, 0.2) is 18.2 Å². The van der Waals surface area contributed by atoms with Crippen LogP contribution in [-0.2, 0) is 17.8 Å². The number of halogens is 2. The molecule has 1 aliphatic heterocycles. The number of carbonyl (C=O) groups excluding carboxylic acids is 1. The zero-order chi connectivity index (χ0) is 20.5. The Hall–Kier alpha value is -2.57. The van der Waals surface area contributed by atoms with Crippen LogP contribution < -0.4 is 10.2 Å². The van der Waals surface area contributed by atoms with Gasteiger partial charge in [-0.3, -0.25) is 4.79 Å². The fourth-order valence-electron chi connectivity index (χ4n) is 3.36. The smallest absolute Gasteiger partial charge is 0.226 e. The van der Waals surface area contributed by atoms with Crippen molar-refractivity contribution in [2.24, 2.45) is 5.41 Å². The van der Waals surface area contributed by atoms with E-state index in [9.17, 15) is 13.6 Å². The van der Waals surface area contributed by atoms with E-state index in [-0.39, 0.29) is 11.3 Å². The van der Waals surface area contributed by atoms with Crippen molar-refractivity contribution in [3.63, 3.8) is 0 Å². The maximum Gasteiger partial charge on any atom is 0.226 e. The van der Waals surface area contributed by atoms with E-state index < -0.39 is 11.6 Å². The number of benzene rings is 1. The van der Waals surface area contributed by atoms with Crippen LogP contribution in [0.5, 0.6) is 0 Å². The normalized spacial score (nSPS) is 14.0. The van der Waals surface area contributed by atoms with Crippen molar-refractivity contribution in [1.29, 1.82) is 0 Å². The van der Waals surface area contributed by atoms with Gasteiger partial charge in [0.25, 0.3) is 0 Å². The molecule has 1 aliphatic rings. The van der Waals surface area contributed by atoms with E-state index in [2.05, 4.69) is 15.3 Å². The van der Waals surface area contributed by atoms with Crippen molar-refractivity contribution in [3.05, 3.63) is 46.8 Å². The van der Waals surface area contributed by atoms with E-state index >= 15 is 0 Å². The maximum atomic E-state index is 13.5. The number of anilines is 2. The van der Waals surface area contributed by atoms with Crippen LogP contribution in [0.2, 0.25) is 0 Å². The molecule has 0 saturated carbocycles. The molecule has 1 aromatic heterocycles. The Balaban J connectivity index is 1.82. The lowest BCUT2D eigenvalue weighted by atomic mass is 9.92. The molecule has 5 nitrogen and oxygen atoms in total. The quantitative estimate of drug-likeness (QED) is 0.844. The summed E-state index contributed by atoms with van der Waals surface area (Å²) in [4.78, 5) is 23.5. The lowest BCUT2D eigenvalue weighted by molar-refractivity contribution is -0.117. The molecule has 3 rings (SSSR count). The second kappa shape index (κ2) is 7.81. The molecule has 28 heavy (non-hydrogen) atoms. The number of aromatic nitrogens is 2. The highest BCUT2D eigenvalue weighted by molar-refractivity contribution is 5.90. The minimum atomic E-state index is -0.591. The van der Waals surface area contributed by atoms with Gasteiger partial charge in [-0.25, -0.2) is 18.7 Å². The fourth-order valence-corrected chi connectivity index (χ4v) is 3.36. The van der Waals surface area contributed by atoms with E-state index in [1.165, 1.54) is 12.1 Å². The molecule has 0 bridgehead atoms. The number of rotatable bonds is 4. The van der Waals surface area contributed by atoms with E-state index in [1.807, 2.05) is 25.7 Å². The molecule has 0 saturated heterocycles. The average Bonchev–Trinajstić information content (AvgIpc) is 2.53. The lowest BCUT2D eigenvalue weighted by Gasteiger charge is -2.30. The monoisotopic (exact) mass is 388 g/mol. The molecule has 2 aromatic rings. The summed E-state index contributed by atoms with van der Waals surface area (Å²) in [5, 5.41) is 2.87. The van der Waals surface area contributed by atoms with Gasteiger partial charge >= 0.3 is 0 Å². The van der Waals surface area contributed by atoms with Crippen molar-refractivity contribution >= 4 is 17.5 Å². The molecule has 1 N–H and O–H groups in total. The van der Waals surface area contributed by atoms with E-state index in [0.717, 1.165) is 31.1 Å². The van der Waals surface area contributed by atoms with Gasteiger partial charge < -0.3 is 10.2 Å². The van der Waals surface area contributed by atoms with Gasteiger partial charge in [-0.15, -0.1) is 0 Å². The SMILES string of the molecule is Cc1nc2c(nc1NC(=O)CC(C)(C)C)CCCN2Cc1cc(F)cc(F)c1. The lowest BCUT2D eigenvalue weighted by Crippen LogP contribution is -2.31. The number of aryl methyl sites for hydroxylation is 2. The summed E-state index contributed by atoms with van der Waals surface area (Å²) in [5.41, 5.74) is 1.85. The summed E-state index contributed by atoms with van der Waals surface area (Å²) in [6, 6.07) is 3.53. The summed E-state index contributed by atoms with van der Waals surface area (Å²) >= 11 is 0. The van der Waals surface area contributed by atoms with Crippen molar-refractivity contribution < 1.29 is 13.6 Å². The number of carbonyl (C=O) groups is 1. The Bertz CT molecular complexity index is 872. The van der Waals surface area contributed by atoms with Crippen LogP contribution in [0.3, 0.4) is 0 Å². The molecule has 1 amide bonds. The fraction of sp³-hybridized carbons (Fsp3) is 0.476. The Labute approximate surface area is 164 Å². The first kappa shape index (κ1) is 20.2. The summed E-state index contributed by atoms with van der Waals surface area (Å²) in [6.07, 6.45) is 2.00. The Morgan fingerprint density at radius 1 is 1.18 bits per heavy atom. The standard InChI is InChI=1S/C21H26F2N4O/c1-13-19(26-18(28)11-21(2,3)4)25-17-6-5-7-27(20(17)24-13)12-14-8-15(22)10-16(23)9-14/h8-10H,5-7,11-12H2,1-4H3,(H,25,26,28).